The van der Waals surface area contributed by atoms with Gasteiger partial charge in [-0.05, 0) is 77.3 Å². The second-order valence-electron chi connectivity index (χ2n) is 11.8. The van der Waals surface area contributed by atoms with Crippen LogP contribution in [-0.4, -0.2) is 93.3 Å². The molecule has 28 nitrogen and oxygen atoms in total. The number of azo groups is 1. The molecule has 0 atom stereocenters. The second-order valence-corrected chi connectivity index (χ2v) is 17.9. The monoisotopic (exact) mass is 1060 g/mol. The average molecular weight is 1060 g/mol. The molecule has 0 radical (unpaired) electrons. The molecule has 5 aromatic rings. The Balaban J connectivity index is 0.00000374. The van der Waals surface area contributed by atoms with Gasteiger partial charge in [-0.25, -0.2) is 43.7 Å². The van der Waals surface area contributed by atoms with Crippen molar-refractivity contribution in [2.45, 2.75) is 14.7 Å². The number of halogens is 2. The molecule has 9 N–H and O–H groups in total. The molecule has 0 unspecified atom stereocenters. The topological polar surface area (TPSA) is 482 Å². The van der Waals surface area contributed by atoms with Crippen molar-refractivity contribution in [3.05, 3.63) is 91.5 Å². The molecule has 0 saturated heterocycles. The van der Waals surface area contributed by atoms with E-state index in [0.717, 1.165) is 30.3 Å². The first-order valence-corrected chi connectivity index (χ1v) is 22.1. The fourth-order valence-corrected chi connectivity index (χ4v) is 8.08. The SMILES string of the molecule is N=c1nc(Cl)[nH]c(=Nc2ccc(S(=O)(=O)[O-])c(N=Nc3c(S(=O)(=O)[O-])cc4c(c3N)C(=O)/C(=N/Nc3cc(N=c5[nH]c(Cl)nc(=N)[nH]5)ccc3S(=O)(=O)[O-])C(S(=O)(=O)[O-])=C4)c2)[nH]1.[Na+].[Na+].[Na+].[Na+]. The zero-order valence-electron chi connectivity index (χ0n) is 33.5. The summed E-state index contributed by atoms with van der Waals surface area (Å²) in [6, 6.07) is 5.46. The number of aromatic nitrogens is 6. The summed E-state index contributed by atoms with van der Waals surface area (Å²) in [5, 5.41) is 25.4. The van der Waals surface area contributed by atoms with Gasteiger partial charge in [-0.2, -0.15) is 15.1 Å². The van der Waals surface area contributed by atoms with Crippen molar-refractivity contribution in [3.8, 4) is 0 Å². The first kappa shape index (κ1) is 59.5. The third kappa shape index (κ3) is 14.2. The Morgan fingerprint density at radius 2 is 1.14 bits per heavy atom. The molecular weight excluding hydrogens is 1050 g/mol. The number of fused-ring (bicyclic) bond motifs is 1. The standard InChI is InChI=1S/C28H21Cl2N15O13S4.4Na/c29-23-36-25(32)40-27(38-23)34-10-1-3-14(59(47,48)49)12(7-10)42-44-20-16(61(53,54)55)5-9-6-17(62(56,57)58)21(22(46)18(9)19(20)31)45-43-13-8-11(2-4-15(13)60(50,51)52)35-28-39-24(30)37-26(33)41-28;;;;/h1-8,43H,31H2,(H,47,48,49)(H,50,51,52)(H,53,54,55)(H,56,57,58)(H3,32,34,36,38,40)(H3,33,35,37,39,41);;;;/q;4*+1/p-4/b44-42?,45-21+;;;;. The number of anilines is 2. The van der Waals surface area contributed by atoms with Crippen LogP contribution < -0.4 is 152 Å². The Morgan fingerprint density at radius 1 is 0.652 bits per heavy atom. The minimum absolute atomic E-state index is 0. The minimum atomic E-state index is -5.77. The van der Waals surface area contributed by atoms with Crippen molar-refractivity contribution >= 4 is 115 Å². The van der Waals surface area contributed by atoms with E-state index in [1.165, 1.54) is 0 Å². The number of hydrogen-bond donors (Lipinski definition) is 8. The molecule has 1 aliphatic carbocycles. The number of carbonyl (C=O) groups excluding carboxylic acids is 1. The Kier molecular flexibility index (Phi) is 20.6. The van der Waals surface area contributed by atoms with Gasteiger partial charge in [0.05, 0.1) is 47.9 Å². The van der Waals surface area contributed by atoms with E-state index >= 15 is 0 Å². The Morgan fingerprint density at radius 3 is 1.61 bits per heavy atom. The number of H-pyrrole nitrogens is 4. The summed E-state index contributed by atoms with van der Waals surface area (Å²) in [5.74, 6) is -1.61. The summed E-state index contributed by atoms with van der Waals surface area (Å²) in [6.45, 7) is 0. The molecule has 0 fully saturated rings. The average Bonchev–Trinajstić information content (AvgIpc) is 3.11. The van der Waals surface area contributed by atoms with Gasteiger partial charge in [0.2, 0.25) is 38.8 Å². The molecule has 0 spiro atoms. The van der Waals surface area contributed by atoms with Crippen molar-refractivity contribution in [2.24, 2.45) is 25.3 Å². The van der Waals surface area contributed by atoms with Gasteiger partial charge in [-0.1, -0.05) is 0 Å². The molecule has 0 bridgehead atoms. The fourth-order valence-electron chi connectivity index (χ4n) is 5.22. The van der Waals surface area contributed by atoms with Crippen LogP contribution in [0.5, 0.6) is 0 Å². The third-order valence-corrected chi connectivity index (χ3v) is 11.5. The number of allylic oxidation sites excluding steroid dienone is 1. The number of aromatic amines is 4. The second kappa shape index (κ2) is 22.9. The Labute approximate surface area is 467 Å². The molecule has 6 rings (SSSR count). The Bertz CT molecular complexity index is 3640. The number of carbonyl (C=O) groups is 1. The van der Waals surface area contributed by atoms with Gasteiger partial charge in [0, 0.05) is 0 Å². The van der Waals surface area contributed by atoms with Gasteiger partial charge < -0.3 is 33.9 Å². The summed E-state index contributed by atoms with van der Waals surface area (Å²) >= 11 is 11.6. The van der Waals surface area contributed by atoms with Crippen molar-refractivity contribution in [1.29, 1.82) is 10.8 Å². The quantitative estimate of drug-likeness (QED) is 0.0212. The van der Waals surface area contributed by atoms with E-state index in [-0.39, 0.29) is 151 Å². The molecule has 0 aliphatic heterocycles. The van der Waals surface area contributed by atoms with Crippen molar-refractivity contribution < 1.29 is 175 Å². The van der Waals surface area contributed by atoms with E-state index in [2.05, 4.69) is 55.2 Å². The molecule has 66 heavy (non-hydrogen) atoms. The summed E-state index contributed by atoms with van der Waals surface area (Å²) in [7, 11) is -22.3. The van der Waals surface area contributed by atoms with Crippen LogP contribution in [-0.2, 0) is 40.5 Å². The predicted molar refractivity (Wildman–Crippen MR) is 203 cm³/mol. The zero-order valence-corrected chi connectivity index (χ0v) is 46.3. The molecule has 0 saturated carbocycles. The van der Waals surface area contributed by atoms with Gasteiger partial charge in [-0.3, -0.25) is 31.0 Å². The predicted octanol–water partition coefficient (Wildman–Crippen LogP) is -12.2. The molecular formula is C28H17Cl2N15Na4O13S4. The molecule has 0 amide bonds. The molecule has 2 heterocycles. The van der Waals surface area contributed by atoms with E-state index < -0.39 is 117 Å². The van der Waals surface area contributed by atoms with Crippen LogP contribution in [0, 0.1) is 10.8 Å². The first-order valence-electron chi connectivity index (χ1n) is 15.7. The van der Waals surface area contributed by atoms with Crippen LogP contribution >= 0.6 is 23.2 Å². The number of nitrogens with two attached hydrogens (primary N) is 1. The first-order chi connectivity index (χ1) is 28.7. The smallest absolute Gasteiger partial charge is 0.744 e. The third-order valence-electron chi connectivity index (χ3n) is 7.64. The summed E-state index contributed by atoms with van der Waals surface area (Å²) in [6.07, 6.45) is 0.384. The van der Waals surface area contributed by atoms with Crippen LogP contribution in [0.4, 0.5) is 34.1 Å². The maximum absolute atomic E-state index is 14.0. The van der Waals surface area contributed by atoms with E-state index in [4.69, 9.17) is 39.8 Å². The maximum Gasteiger partial charge on any atom is 1.00 e. The fraction of sp³-hybridized carbons (Fsp3) is 0. The van der Waals surface area contributed by atoms with Gasteiger partial charge in [0.15, 0.2) is 0 Å². The number of ketones is 1. The minimum Gasteiger partial charge on any atom is -0.744 e. The number of hydrazone groups is 1. The number of nitrogens with zero attached hydrogens (tertiary/aromatic N) is 7. The van der Waals surface area contributed by atoms with Crippen molar-refractivity contribution in [3.63, 3.8) is 0 Å². The number of nitrogen functional groups attached to an aromatic ring is 1. The number of nitrogens with one attached hydrogen (secondary N) is 7. The Hall–Kier alpha value is -2.62. The molecule has 38 heteroatoms. The number of benzene rings is 3. The van der Waals surface area contributed by atoms with E-state index in [1.54, 1.807) is 0 Å². The summed E-state index contributed by atoms with van der Waals surface area (Å²) in [5.41, 5.74) is -0.504. The molecule has 1 aliphatic rings. The van der Waals surface area contributed by atoms with E-state index in [0.29, 0.717) is 18.2 Å². The normalized spacial score (nSPS) is 14.1. The van der Waals surface area contributed by atoms with Crippen LogP contribution in [0.15, 0.2) is 87.4 Å². The number of Topliss-reactive ketones (excluding diaryl/α,β-unsaturated/α-hetero) is 1. The van der Waals surface area contributed by atoms with Crippen molar-refractivity contribution in [2.75, 3.05) is 11.2 Å². The molecule has 324 valence electrons. The number of hydrogen-bond acceptors (Lipinski definition) is 24. The number of rotatable bonds is 10. The largest absolute Gasteiger partial charge is 1.00 e. The van der Waals surface area contributed by atoms with Crippen LogP contribution in [0.2, 0.25) is 10.6 Å². The van der Waals surface area contributed by atoms with E-state index in [9.17, 15) is 56.7 Å². The van der Waals surface area contributed by atoms with Crippen molar-refractivity contribution in [1.82, 2.24) is 29.9 Å². The summed E-state index contributed by atoms with van der Waals surface area (Å²) in [4.78, 5) is 33.7. The maximum atomic E-state index is 14.0. The van der Waals surface area contributed by atoms with Gasteiger partial charge in [0.1, 0.15) is 57.6 Å². The van der Waals surface area contributed by atoms with E-state index in [1.807, 2.05) is 5.43 Å². The van der Waals surface area contributed by atoms with Gasteiger partial charge in [0.25, 0.3) is 0 Å². The van der Waals surface area contributed by atoms with Crippen LogP contribution in [0.1, 0.15) is 15.9 Å². The van der Waals surface area contributed by atoms with Gasteiger partial charge >= 0.3 is 118 Å². The molecule has 2 aromatic heterocycles. The van der Waals surface area contributed by atoms with Gasteiger partial charge in [-0.15, -0.1) is 10.2 Å². The van der Waals surface area contributed by atoms with Crippen LogP contribution in [0.3, 0.4) is 0 Å². The summed E-state index contributed by atoms with van der Waals surface area (Å²) < 4.78 is 148. The van der Waals surface area contributed by atoms with Crippen LogP contribution in [0.25, 0.3) is 6.08 Å². The molecule has 3 aromatic carbocycles. The zero-order chi connectivity index (χ0) is 45.7.